The molecule has 0 heterocycles. The smallest absolute Gasteiger partial charge is 0.455 e. The summed E-state index contributed by atoms with van der Waals surface area (Å²) in [6, 6.07) is 0. The van der Waals surface area contributed by atoms with Gasteiger partial charge in [0.1, 0.15) is 0 Å². The largest absolute Gasteiger partial charge is 0.503 e. The van der Waals surface area contributed by atoms with Gasteiger partial charge in [0.25, 0.3) is 5.78 Å². The number of allylic oxidation sites excluding steroid dienone is 2. The number of halogens is 6. The minimum atomic E-state index is -5.85. The number of ketones is 1. The first-order valence-electron chi connectivity index (χ1n) is 3.51. The lowest BCUT2D eigenvalue weighted by atomic mass is 10.3. The molecular formula is C6H4F6O4S. The van der Waals surface area contributed by atoms with Crippen LogP contribution in [0, 0.1) is 0 Å². The molecule has 0 unspecified atom stereocenters. The third-order valence-corrected chi connectivity index (χ3v) is 2.44. The fraction of sp³-hybridized carbons (Fsp3) is 0.500. The van der Waals surface area contributed by atoms with Crippen molar-refractivity contribution in [1.29, 1.82) is 0 Å². The first-order chi connectivity index (χ1) is 7.19. The summed E-state index contributed by atoms with van der Waals surface area (Å²) in [4.78, 5) is 7.75. The van der Waals surface area contributed by atoms with Gasteiger partial charge in [0.05, 0.1) is 0 Å². The van der Waals surface area contributed by atoms with Crippen LogP contribution in [0.25, 0.3) is 0 Å². The number of sulfone groups is 1. The van der Waals surface area contributed by atoms with Crippen molar-refractivity contribution < 1.29 is 44.7 Å². The maximum atomic E-state index is 11.9. The Hall–Kier alpha value is -1.26. The molecule has 0 radical (unpaired) electrons. The van der Waals surface area contributed by atoms with Crippen LogP contribution < -0.4 is 0 Å². The number of hydrogen-bond acceptors (Lipinski definition) is 4. The molecule has 1 N–H and O–H groups in total. The maximum absolute atomic E-state index is 11.9. The lowest BCUT2D eigenvalue weighted by molar-refractivity contribution is -0.167. The zero-order valence-corrected chi connectivity index (χ0v) is 8.66. The molecule has 0 aromatic rings. The second kappa shape index (κ2) is 4.20. The van der Waals surface area contributed by atoms with Gasteiger partial charge < -0.3 is 5.11 Å². The molecule has 0 aliphatic heterocycles. The number of alkyl halides is 6. The molecule has 0 aliphatic rings. The molecule has 0 atom stereocenters. The normalized spacial score (nSPS) is 15.5. The number of aliphatic hydroxyl groups is 1. The number of rotatable bonds is 2. The van der Waals surface area contributed by atoms with Crippen molar-refractivity contribution in [2.45, 2.75) is 12.4 Å². The van der Waals surface area contributed by atoms with Crippen molar-refractivity contribution in [1.82, 2.24) is 0 Å². The standard InChI is InChI=1S/C6H4F6O4S/c1-17(15,16)2(3(13)5(7,8)9)4(14)6(10,11)12/h13H,1H3. The number of Topliss-reactive ketones (excluding diaryl/α,β-unsaturated/α-hetero) is 1. The van der Waals surface area contributed by atoms with Crippen LogP contribution in [-0.2, 0) is 14.6 Å². The predicted molar refractivity (Wildman–Crippen MR) is 41.6 cm³/mol. The Bertz CT molecular complexity index is 454. The Morgan fingerprint density at radius 3 is 1.53 bits per heavy atom. The van der Waals surface area contributed by atoms with Crippen molar-refractivity contribution in [3.05, 3.63) is 10.7 Å². The van der Waals surface area contributed by atoms with Crippen molar-refractivity contribution in [2.75, 3.05) is 6.26 Å². The van der Waals surface area contributed by atoms with E-state index in [4.69, 9.17) is 5.11 Å². The van der Waals surface area contributed by atoms with E-state index in [-0.39, 0.29) is 6.26 Å². The first-order valence-corrected chi connectivity index (χ1v) is 5.40. The summed E-state index contributed by atoms with van der Waals surface area (Å²) >= 11 is 0. The van der Waals surface area contributed by atoms with E-state index in [1.54, 1.807) is 0 Å². The maximum Gasteiger partial charge on any atom is 0.455 e. The van der Waals surface area contributed by atoms with Gasteiger partial charge in [0.15, 0.2) is 14.7 Å². The molecule has 0 spiro atoms. The second-order valence-electron chi connectivity index (χ2n) is 2.77. The van der Waals surface area contributed by atoms with Crippen LogP contribution in [0.4, 0.5) is 26.3 Å². The van der Waals surface area contributed by atoms with Crippen molar-refractivity contribution in [3.63, 3.8) is 0 Å². The fourth-order valence-corrected chi connectivity index (χ4v) is 1.63. The van der Waals surface area contributed by atoms with Gasteiger partial charge in [-0.2, -0.15) is 26.3 Å². The van der Waals surface area contributed by atoms with E-state index in [2.05, 4.69) is 0 Å². The molecular weight excluding hydrogens is 282 g/mol. The fourth-order valence-electron chi connectivity index (χ4n) is 0.709. The summed E-state index contributed by atoms with van der Waals surface area (Å²) in [7, 11) is -5.19. The molecule has 0 fully saturated rings. The quantitative estimate of drug-likeness (QED) is 0.474. The molecule has 17 heavy (non-hydrogen) atoms. The molecule has 100 valence electrons. The van der Waals surface area contributed by atoms with Crippen molar-refractivity contribution >= 4 is 15.6 Å². The average molecular weight is 286 g/mol. The highest BCUT2D eigenvalue weighted by Gasteiger charge is 2.50. The summed E-state index contributed by atoms with van der Waals surface area (Å²) in [6.45, 7) is 0. The van der Waals surface area contributed by atoms with Gasteiger partial charge in [-0.25, -0.2) is 8.42 Å². The van der Waals surface area contributed by atoms with Gasteiger partial charge in [0.2, 0.25) is 5.76 Å². The Labute approximate surface area is 90.4 Å². The monoisotopic (exact) mass is 286 g/mol. The molecule has 0 saturated carbocycles. The minimum absolute atomic E-state index is 0.0616. The SMILES string of the molecule is CS(=O)(=O)C(C(=O)C(F)(F)F)=C(O)C(F)(F)F. The molecule has 0 saturated heterocycles. The summed E-state index contributed by atoms with van der Waals surface area (Å²) in [6.07, 6.45) is -11.7. The molecule has 0 amide bonds. The van der Waals surface area contributed by atoms with E-state index in [1.165, 1.54) is 0 Å². The van der Waals surface area contributed by atoms with Crippen molar-refractivity contribution in [2.24, 2.45) is 0 Å². The van der Waals surface area contributed by atoms with Crippen LogP contribution in [-0.4, -0.2) is 37.9 Å². The summed E-state index contributed by atoms with van der Waals surface area (Å²) in [5.41, 5.74) is 0. The van der Waals surface area contributed by atoms with Gasteiger partial charge >= 0.3 is 12.4 Å². The molecule has 0 aliphatic carbocycles. The lowest BCUT2D eigenvalue weighted by Crippen LogP contribution is -2.31. The van der Waals surface area contributed by atoms with Gasteiger partial charge in [-0.05, 0) is 0 Å². The Kier molecular flexibility index (Phi) is 3.89. The lowest BCUT2D eigenvalue weighted by Gasteiger charge is -2.12. The van der Waals surface area contributed by atoms with Crippen molar-refractivity contribution in [3.8, 4) is 0 Å². The third-order valence-electron chi connectivity index (χ3n) is 1.32. The van der Waals surface area contributed by atoms with E-state index < -0.39 is 38.6 Å². The highest BCUT2D eigenvalue weighted by Crippen LogP contribution is 2.32. The van der Waals surface area contributed by atoms with Crippen LogP contribution >= 0.6 is 0 Å². The topological polar surface area (TPSA) is 71.4 Å². The van der Waals surface area contributed by atoms with Crippen LogP contribution in [0.3, 0.4) is 0 Å². The zero-order chi connectivity index (χ0) is 14.2. The molecule has 11 heteroatoms. The second-order valence-corrected chi connectivity index (χ2v) is 4.73. The van der Waals surface area contributed by atoms with E-state index >= 15 is 0 Å². The Morgan fingerprint density at radius 1 is 1.00 bits per heavy atom. The number of aliphatic hydroxyl groups excluding tert-OH is 1. The first kappa shape index (κ1) is 15.7. The Balaban J connectivity index is 6.10. The average Bonchev–Trinajstić information content (AvgIpc) is 1.97. The van der Waals surface area contributed by atoms with E-state index in [9.17, 15) is 39.6 Å². The highest BCUT2D eigenvalue weighted by atomic mass is 32.2. The minimum Gasteiger partial charge on any atom is -0.503 e. The van der Waals surface area contributed by atoms with E-state index in [0.29, 0.717) is 0 Å². The molecule has 0 aromatic carbocycles. The van der Waals surface area contributed by atoms with Gasteiger partial charge in [-0.1, -0.05) is 0 Å². The number of hydrogen-bond donors (Lipinski definition) is 1. The predicted octanol–water partition coefficient (Wildman–Crippen LogP) is 1.49. The van der Waals surface area contributed by atoms with E-state index in [1.807, 2.05) is 0 Å². The molecule has 0 aromatic heterocycles. The summed E-state index contributed by atoms with van der Waals surface area (Å²) in [5.74, 6) is -6.38. The molecule has 4 nitrogen and oxygen atoms in total. The highest BCUT2D eigenvalue weighted by molar-refractivity contribution is 7.95. The van der Waals surface area contributed by atoms with Crippen LogP contribution in [0.15, 0.2) is 10.7 Å². The third kappa shape index (κ3) is 3.91. The molecule has 0 rings (SSSR count). The number of carbonyl (C=O) groups excluding carboxylic acids is 1. The summed E-state index contributed by atoms with van der Waals surface area (Å²) in [5, 5.41) is 8.37. The van der Waals surface area contributed by atoms with Crippen LogP contribution in [0.5, 0.6) is 0 Å². The summed E-state index contributed by atoms with van der Waals surface area (Å²) < 4.78 is 92.6. The Morgan fingerprint density at radius 2 is 1.35 bits per heavy atom. The van der Waals surface area contributed by atoms with Gasteiger partial charge in [-0.3, -0.25) is 4.79 Å². The zero-order valence-electron chi connectivity index (χ0n) is 7.85. The molecule has 0 bridgehead atoms. The van der Waals surface area contributed by atoms with Crippen LogP contribution in [0.2, 0.25) is 0 Å². The van der Waals surface area contributed by atoms with Crippen LogP contribution in [0.1, 0.15) is 0 Å². The number of carbonyl (C=O) groups is 1. The van der Waals surface area contributed by atoms with Gasteiger partial charge in [-0.15, -0.1) is 0 Å². The van der Waals surface area contributed by atoms with E-state index in [0.717, 1.165) is 0 Å². The van der Waals surface area contributed by atoms with Gasteiger partial charge in [0, 0.05) is 6.26 Å².